The van der Waals surface area contributed by atoms with E-state index in [4.69, 9.17) is 10.5 Å². The molecule has 1 fully saturated rings. The maximum atomic E-state index is 12.3. The van der Waals surface area contributed by atoms with E-state index in [2.05, 4.69) is 4.98 Å². The van der Waals surface area contributed by atoms with Gasteiger partial charge in [0.2, 0.25) is 0 Å². The molecule has 0 aromatic carbocycles. The number of hydrogen-bond donors (Lipinski definition) is 1. The van der Waals surface area contributed by atoms with Crippen LogP contribution < -0.4 is 10.6 Å². The quantitative estimate of drug-likeness (QED) is 0.873. The zero-order valence-corrected chi connectivity index (χ0v) is 11.7. The first-order valence-corrected chi connectivity index (χ1v) is 6.61. The molecule has 0 spiro atoms. The van der Waals surface area contributed by atoms with Gasteiger partial charge >= 0.3 is 0 Å². The Morgan fingerprint density at radius 1 is 1.50 bits per heavy atom. The number of aromatic nitrogens is 1. The lowest BCUT2D eigenvalue weighted by molar-refractivity contribution is 0.0717. The van der Waals surface area contributed by atoms with E-state index in [9.17, 15) is 4.79 Å². The number of rotatable bonds is 3. The number of thiazole rings is 1. The highest BCUT2D eigenvalue weighted by Gasteiger charge is 2.28. The molecule has 6 nitrogen and oxygen atoms in total. The number of nitrogen functional groups attached to an aromatic ring is 1. The van der Waals surface area contributed by atoms with Crippen LogP contribution in [-0.4, -0.2) is 56.2 Å². The Labute approximate surface area is 110 Å². The van der Waals surface area contributed by atoms with Crippen LogP contribution in [0.1, 0.15) is 16.1 Å². The van der Waals surface area contributed by atoms with Crippen LogP contribution in [0.25, 0.3) is 0 Å². The van der Waals surface area contributed by atoms with Gasteiger partial charge in [-0.3, -0.25) is 4.79 Å². The summed E-state index contributed by atoms with van der Waals surface area (Å²) in [6.07, 6.45) is 0.876. The molecule has 2 N–H and O–H groups in total. The van der Waals surface area contributed by atoms with E-state index in [1.165, 1.54) is 11.3 Å². The van der Waals surface area contributed by atoms with Crippen molar-refractivity contribution in [1.82, 2.24) is 9.88 Å². The molecule has 0 radical (unpaired) electrons. The van der Waals surface area contributed by atoms with E-state index in [0.717, 1.165) is 11.6 Å². The van der Waals surface area contributed by atoms with Gasteiger partial charge in [0.25, 0.3) is 5.91 Å². The number of carbonyl (C=O) groups is 1. The smallest absolute Gasteiger partial charge is 0.267 e. The molecule has 1 unspecified atom stereocenters. The van der Waals surface area contributed by atoms with Gasteiger partial charge in [-0.15, -0.1) is 0 Å². The molecule has 100 valence electrons. The number of ether oxygens (including phenoxy) is 1. The van der Waals surface area contributed by atoms with Crippen LogP contribution >= 0.6 is 11.3 Å². The molecule has 1 atom stereocenters. The number of likely N-dealkylation sites (N-methyl/N-ethyl adjacent to an activating group) is 1. The van der Waals surface area contributed by atoms with Crippen molar-refractivity contribution >= 4 is 28.2 Å². The Balaban J connectivity index is 2.17. The minimum atomic E-state index is -0.0754. The highest BCUT2D eigenvalue weighted by Crippen LogP contribution is 2.28. The molecule has 2 heterocycles. The van der Waals surface area contributed by atoms with Gasteiger partial charge in [-0.1, -0.05) is 11.3 Å². The maximum Gasteiger partial charge on any atom is 0.267 e. The van der Waals surface area contributed by atoms with E-state index in [-0.39, 0.29) is 11.9 Å². The Morgan fingerprint density at radius 3 is 2.72 bits per heavy atom. The van der Waals surface area contributed by atoms with Gasteiger partial charge in [0.15, 0.2) is 5.13 Å². The van der Waals surface area contributed by atoms with Crippen LogP contribution in [0.15, 0.2) is 0 Å². The molecule has 1 aromatic heterocycles. The summed E-state index contributed by atoms with van der Waals surface area (Å²) in [4.78, 5) is 20.6. The number of hydrogen-bond acceptors (Lipinski definition) is 6. The predicted molar refractivity (Wildman–Crippen MR) is 72.2 cm³/mol. The molecule has 0 bridgehead atoms. The van der Waals surface area contributed by atoms with Crippen LogP contribution in [0, 0.1) is 0 Å². The largest absolute Gasteiger partial charge is 0.382 e. The predicted octanol–water partition coefficient (Wildman–Crippen LogP) is 0.652. The summed E-state index contributed by atoms with van der Waals surface area (Å²) in [5.74, 6) is 0.230. The first-order chi connectivity index (χ1) is 8.50. The molecule has 1 aliphatic heterocycles. The molecule has 1 amide bonds. The minimum Gasteiger partial charge on any atom is -0.382 e. The summed E-state index contributed by atoms with van der Waals surface area (Å²) in [5, 5.41) is 0.743. The number of nitrogens with zero attached hydrogens (tertiary/aromatic N) is 3. The maximum absolute atomic E-state index is 12.3. The van der Waals surface area contributed by atoms with E-state index in [1.54, 1.807) is 11.9 Å². The molecule has 1 saturated heterocycles. The van der Waals surface area contributed by atoms with Crippen LogP contribution in [-0.2, 0) is 4.74 Å². The summed E-state index contributed by atoms with van der Waals surface area (Å²) in [6, 6.07) is 0.141. The number of anilines is 2. The van der Waals surface area contributed by atoms with Crippen molar-refractivity contribution in [2.75, 3.05) is 45.0 Å². The number of amides is 1. The van der Waals surface area contributed by atoms with E-state index < -0.39 is 0 Å². The van der Waals surface area contributed by atoms with E-state index >= 15 is 0 Å². The molecule has 1 aromatic rings. The first kappa shape index (κ1) is 13.1. The fourth-order valence-electron chi connectivity index (χ4n) is 1.82. The normalized spacial score (nSPS) is 18.9. The third kappa shape index (κ3) is 2.41. The third-order valence-corrected chi connectivity index (χ3v) is 4.22. The summed E-state index contributed by atoms with van der Waals surface area (Å²) in [5.41, 5.74) is 5.81. The van der Waals surface area contributed by atoms with Crippen molar-refractivity contribution in [2.45, 2.75) is 12.5 Å². The second-order valence-corrected chi connectivity index (χ2v) is 5.52. The molecule has 0 saturated carbocycles. The lowest BCUT2D eigenvalue weighted by Gasteiger charge is -2.22. The van der Waals surface area contributed by atoms with Crippen LogP contribution in [0.2, 0.25) is 0 Å². The van der Waals surface area contributed by atoms with Gasteiger partial charge in [-0.05, 0) is 6.42 Å². The molecule has 0 aliphatic carbocycles. The Morgan fingerprint density at radius 2 is 2.22 bits per heavy atom. The molecular formula is C11H18N4O2S. The fourth-order valence-corrected chi connectivity index (χ4v) is 2.71. The molecule has 2 rings (SSSR count). The monoisotopic (exact) mass is 270 g/mol. The summed E-state index contributed by atoms with van der Waals surface area (Å²) < 4.78 is 5.29. The second kappa shape index (κ2) is 5.11. The van der Waals surface area contributed by atoms with Crippen molar-refractivity contribution in [3.05, 3.63) is 4.88 Å². The van der Waals surface area contributed by atoms with Gasteiger partial charge in [-0.2, -0.15) is 0 Å². The van der Waals surface area contributed by atoms with Crippen LogP contribution in [0.4, 0.5) is 10.9 Å². The van der Waals surface area contributed by atoms with Gasteiger partial charge in [0.1, 0.15) is 10.7 Å². The van der Waals surface area contributed by atoms with Crippen molar-refractivity contribution in [3.8, 4) is 0 Å². The highest BCUT2D eigenvalue weighted by molar-refractivity contribution is 7.18. The lowest BCUT2D eigenvalue weighted by atomic mass is 10.2. The zero-order valence-electron chi connectivity index (χ0n) is 10.8. The van der Waals surface area contributed by atoms with Gasteiger partial charge < -0.3 is 20.3 Å². The lowest BCUT2D eigenvalue weighted by Crippen LogP contribution is -2.37. The molecular weight excluding hydrogens is 252 g/mol. The van der Waals surface area contributed by atoms with E-state index in [0.29, 0.717) is 23.9 Å². The van der Waals surface area contributed by atoms with Gasteiger partial charge in [0, 0.05) is 27.7 Å². The Hall–Kier alpha value is -1.34. The van der Waals surface area contributed by atoms with Gasteiger partial charge in [-0.25, -0.2) is 4.98 Å². The van der Waals surface area contributed by atoms with Crippen molar-refractivity contribution in [1.29, 1.82) is 0 Å². The van der Waals surface area contributed by atoms with Crippen molar-refractivity contribution in [2.24, 2.45) is 0 Å². The van der Waals surface area contributed by atoms with Crippen LogP contribution in [0.3, 0.4) is 0 Å². The Kier molecular flexibility index (Phi) is 3.72. The summed E-state index contributed by atoms with van der Waals surface area (Å²) >= 11 is 1.32. The van der Waals surface area contributed by atoms with Crippen molar-refractivity contribution in [3.63, 3.8) is 0 Å². The standard InChI is InChI=1S/C11H18N4O2S/c1-14(2)11-13-9(12)8(18-11)10(16)15(3)7-4-5-17-6-7/h7H,4-6,12H2,1-3H3. The highest BCUT2D eigenvalue weighted by atomic mass is 32.1. The van der Waals surface area contributed by atoms with Crippen LogP contribution in [0.5, 0.6) is 0 Å². The fraction of sp³-hybridized carbons (Fsp3) is 0.636. The van der Waals surface area contributed by atoms with E-state index in [1.807, 2.05) is 19.0 Å². The Bertz CT molecular complexity index is 440. The number of carbonyl (C=O) groups excluding carboxylic acids is 1. The molecule has 7 heteroatoms. The summed E-state index contributed by atoms with van der Waals surface area (Å²) in [6.45, 7) is 1.31. The number of nitrogens with two attached hydrogens (primary N) is 1. The molecule has 18 heavy (non-hydrogen) atoms. The zero-order chi connectivity index (χ0) is 13.3. The topological polar surface area (TPSA) is 71.7 Å². The average Bonchev–Trinajstić information content (AvgIpc) is 2.95. The second-order valence-electron chi connectivity index (χ2n) is 4.54. The summed E-state index contributed by atoms with van der Waals surface area (Å²) in [7, 11) is 5.54. The minimum absolute atomic E-state index is 0.0754. The van der Waals surface area contributed by atoms with Gasteiger partial charge in [0.05, 0.1) is 12.6 Å². The SMILES string of the molecule is CN(C)c1nc(N)c(C(=O)N(C)C2CCOC2)s1. The van der Waals surface area contributed by atoms with Crippen molar-refractivity contribution < 1.29 is 9.53 Å². The average molecular weight is 270 g/mol. The molecule has 1 aliphatic rings. The first-order valence-electron chi connectivity index (χ1n) is 5.79. The third-order valence-electron chi connectivity index (χ3n) is 2.99.